The first kappa shape index (κ1) is 28.9. The topological polar surface area (TPSA) is 51.6 Å². The van der Waals surface area contributed by atoms with Crippen molar-refractivity contribution in [3.8, 4) is 52.9 Å². The number of thiophene rings is 2. The van der Waals surface area contributed by atoms with Crippen LogP contribution in [0.25, 0.3) is 96.5 Å². The monoisotopic (exact) mass is 674 g/mol. The Morgan fingerprint density at radius 3 is 0.980 bits per heavy atom. The van der Waals surface area contributed by atoms with E-state index in [1.54, 1.807) is 22.7 Å². The van der Waals surface area contributed by atoms with Crippen molar-refractivity contribution in [2.75, 3.05) is 0 Å². The Hall–Kier alpha value is -6.08. The van der Waals surface area contributed by atoms with Crippen molar-refractivity contribution >= 4 is 66.3 Å². The average Bonchev–Trinajstić information content (AvgIpc) is 3.83. The number of nitrogens with zero attached hydrogens (tertiary/aromatic N) is 4. The number of aromatic nitrogens is 4. The first-order chi connectivity index (χ1) is 24.7. The molecule has 0 spiro atoms. The van der Waals surface area contributed by atoms with Crippen molar-refractivity contribution in [2.45, 2.75) is 0 Å². The number of rotatable bonds is 5. The third-order valence-corrected chi connectivity index (χ3v) is 11.7. The molecule has 50 heavy (non-hydrogen) atoms. The number of para-hydroxylation sites is 4. The second kappa shape index (κ2) is 11.8. The Morgan fingerprint density at radius 2 is 0.620 bits per heavy atom. The molecule has 4 nitrogen and oxygen atoms in total. The molecule has 0 saturated carbocycles. The summed E-state index contributed by atoms with van der Waals surface area (Å²) in [6.07, 6.45) is 8.01. The summed E-state index contributed by atoms with van der Waals surface area (Å²) in [4.78, 5) is 24.1. The van der Waals surface area contributed by atoms with Crippen molar-refractivity contribution in [3.63, 3.8) is 0 Å². The first-order valence-corrected chi connectivity index (χ1v) is 18.1. The Balaban J connectivity index is 1.23. The summed E-state index contributed by atoms with van der Waals surface area (Å²) in [6, 6.07) is 46.9. The minimum atomic E-state index is 0.984. The van der Waals surface area contributed by atoms with E-state index in [1.165, 1.54) is 9.75 Å². The molecule has 0 aliphatic carbocycles. The van der Waals surface area contributed by atoms with Gasteiger partial charge < -0.3 is 0 Å². The van der Waals surface area contributed by atoms with Crippen LogP contribution in [0.3, 0.4) is 0 Å². The zero-order valence-electron chi connectivity index (χ0n) is 26.6. The van der Waals surface area contributed by atoms with Gasteiger partial charge in [-0.25, -0.2) is 0 Å². The van der Waals surface area contributed by atoms with Gasteiger partial charge in [-0.3, -0.25) is 19.9 Å². The third kappa shape index (κ3) is 5.05. The van der Waals surface area contributed by atoms with Gasteiger partial charge in [0.15, 0.2) is 0 Å². The van der Waals surface area contributed by atoms with E-state index in [0.29, 0.717) is 0 Å². The first-order valence-electron chi connectivity index (χ1n) is 16.4. The van der Waals surface area contributed by atoms with Gasteiger partial charge in [-0.15, -0.1) is 22.7 Å². The van der Waals surface area contributed by atoms with Gasteiger partial charge in [-0.1, -0.05) is 72.8 Å². The van der Waals surface area contributed by atoms with Gasteiger partial charge in [0.25, 0.3) is 0 Å². The lowest BCUT2D eigenvalue weighted by molar-refractivity contribution is 1.41. The average molecular weight is 675 g/mol. The number of hydrogen-bond donors (Lipinski definition) is 0. The summed E-state index contributed by atoms with van der Waals surface area (Å²) in [5.41, 5.74) is 10.6. The van der Waals surface area contributed by atoms with Crippen molar-refractivity contribution in [1.29, 1.82) is 0 Å². The summed E-state index contributed by atoms with van der Waals surface area (Å²) in [7, 11) is 0. The lowest BCUT2D eigenvalue weighted by Gasteiger charge is -2.08. The Labute approximate surface area is 296 Å². The Bertz CT molecular complexity index is 2710. The lowest BCUT2D eigenvalue weighted by atomic mass is 9.98. The maximum atomic E-state index is 4.89. The van der Waals surface area contributed by atoms with Gasteiger partial charge in [0.2, 0.25) is 0 Å². The van der Waals surface area contributed by atoms with E-state index in [4.69, 9.17) is 19.9 Å². The van der Waals surface area contributed by atoms with Crippen LogP contribution in [-0.4, -0.2) is 19.9 Å². The van der Waals surface area contributed by atoms with Gasteiger partial charge in [0.05, 0.1) is 22.1 Å². The number of fused-ring (bicyclic) bond motifs is 4. The normalized spacial score (nSPS) is 11.6. The molecule has 0 radical (unpaired) electrons. The molecule has 6 heteroatoms. The van der Waals surface area contributed by atoms with Crippen LogP contribution in [0, 0.1) is 0 Å². The van der Waals surface area contributed by atoms with E-state index in [0.717, 1.165) is 86.7 Å². The van der Waals surface area contributed by atoms with Crippen LogP contribution in [0.15, 0.2) is 158 Å². The number of hydrogen-bond acceptors (Lipinski definition) is 6. The SMILES string of the molecule is c1ccc2ncc(-c3cc(-c4cc(-c5cnc6ccccc6c5)sc4-c4cnc5ccccc5c4)c(-c4cnc5ccccc5c4)s3)cc2c1. The largest absolute Gasteiger partial charge is 0.256 e. The molecule has 6 heterocycles. The van der Waals surface area contributed by atoms with E-state index in [-0.39, 0.29) is 0 Å². The van der Waals surface area contributed by atoms with Crippen LogP contribution in [0.1, 0.15) is 0 Å². The minimum absolute atomic E-state index is 0.984. The van der Waals surface area contributed by atoms with Crippen LogP contribution in [0.2, 0.25) is 0 Å². The molecule has 0 atom stereocenters. The summed E-state index contributed by atoms with van der Waals surface area (Å²) in [6.45, 7) is 0. The minimum Gasteiger partial charge on any atom is -0.256 e. The van der Waals surface area contributed by atoms with Gasteiger partial charge >= 0.3 is 0 Å². The summed E-state index contributed by atoms with van der Waals surface area (Å²) < 4.78 is 0. The van der Waals surface area contributed by atoms with Crippen LogP contribution < -0.4 is 0 Å². The number of benzene rings is 4. The molecule has 0 aliphatic heterocycles. The zero-order valence-corrected chi connectivity index (χ0v) is 28.2. The fraction of sp³-hybridized carbons (Fsp3) is 0. The second-order valence-electron chi connectivity index (χ2n) is 12.4. The highest BCUT2D eigenvalue weighted by Crippen LogP contribution is 2.50. The van der Waals surface area contributed by atoms with Crippen molar-refractivity contribution < 1.29 is 0 Å². The Morgan fingerprint density at radius 1 is 0.320 bits per heavy atom. The molecule has 0 aliphatic rings. The highest BCUT2D eigenvalue weighted by atomic mass is 32.1. The molecule has 10 rings (SSSR count). The maximum Gasteiger partial charge on any atom is 0.0702 e. The van der Waals surface area contributed by atoms with Gasteiger partial charge in [-0.05, 0) is 60.7 Å². The Kier molecular flexibility index (Phi) is 6.82. The molecule has 0 amide bonds. The fourth-order valence-electron chi connectivity index (χ4n) is 6.70. The van der Waals surface area contributed by atoms with Gasteiger partial charge in [0.1, 0.15) is 0 Å². The van der Waals surface area contributed by atoms with Crippen molar-refractivity contribution in [1.82, 2.24) is 19.9 Å². The maximum absolute atomic E-state index is 4.89. The molecule has 6 aromatic heterocycles. The van der Waals surface area contributed by atoms with E-state index >= 15 is 0 Å². The molecular formula is C44H26N4S2. The van der Waals surface area contributed by atoms with E-state index in [1.807, 2.05) is 49.1 Å². The van der Waals surface area contributed by atoms with Crippen LogP contribution in [0.5, 0.6) is 0 Å². The lowest BCUT2D eigenvalue weighted by Crippen LogP contribution is -1.85. The zero-order chi connectivity index (χ0) is 33.0. The summed E-state index contributed by atoms with van der Waals surface area (Å²) in [5.74, 6) is 0. The quantitative estimate of drug-likeness (QED) is 0.182. The standard InChI is InChI=1S/C44H26N4S2/c1-5-13-37-27(9-1)17-31(23-45-37)41-21-35(43(49-41)33-19-29-11-3-7-15-39(29)47-25-33)36-22-42(32-18-28-10-2-6-14-38(28)46-24-32)50-44(36)34-20-30-12-4-8-16-40(30)48-26-34/h1-26H. The predicted octanol–water partition coefficient (Wildman–Crippen LogP) is 12.3. The predicted molar refractivity (Wildman–Crippen MR) is 211 cm³/mol. The highest BCUT2D eigenvalue weighted by molar-refractivity contribution is 7.20. The molecule has 0 unspecified atom stereocenters. The second-order valence-corrected chi connectivity index (χ2v) is 14.5. The van der Waals surface area contributed by atoms with Crippen molar-refractivity contribution in [3.05, 3.63) is 158 Å². The smallest absolute Gasteiger partial charge is 0.0702 e. The van der Waals surface area contributed by atoms with E-state index in [9.17, 15) is 0 Å². The van der Waals surface area contributed by atoms with E-state index in [2.05, 4.69) is 109 Å². The molecule has 234 valence electrons. The molecule has 0 bridgehead atoms. The van der Waals surface area contributed by atoms with Crippen LogP contribution in [-0.2, 0) is 0 Å². The molecular weight excluding hydrogens is 649 g/mol. The molecule has 0 saturated heterocycles. The van der Waals surface area contributed by atoms with E-state index < -0.39 is 0 Å². The third-order valence-electron chi connectivity index (χ3n) is 9.21. The summed E-state index contributed by atoms with van der Waals surface area (Å²) in [5, 5.41) is 4.48. The van der Waals surface area contributed by atoms with Crippen molar-refractivity contribution in [2.24, 2.45) is 0 Å². The van der Waals surface area contributed by atoms with Crippen LogP contribution >= 0.6 is 22.7 Å². The van der Waals surface area contributed by atoms with Gasteiger partial charge in [-0.2, -0.15) is 0 Å². The molecule has 0 N–H and O–H groups in total. The van der Waals surface area contributed by atoms with Gasteiger partial charge in [0, 0.05) is 99.2 Å². The molecule has 4 aromatic carbocycles. The molecule has 0 fully saturated rings. The summed E-state index contributed by atoms with van der Waals surface area (Å²) >= 11 is 3.58. The fourth-order valence-corrected chi connectivity index (χ4v) is 8.97. The highest BCUT2D eigenvalue weighted by Gasteiger charge is 2.22. The number of pyridine rings is 4. The molecule has 10 aromatic rings. The van der Waals surface area contributed by atoms with Crippen LogP contribution in [0.4, 0.5) is 0 Å².